The van der Waals surface area contributed by atoms with Gasteiger partial charge in [0.05, 0.1) is 0 Å². The first kappa shape index (κ1) is 21.6. The molecule has 2 atom stereocenters. The number of Topliss-reactive ketones (excluding diaryl/α,β-unsaturated/α-hetero) is 1. The van der Waals surface area contributed by atoms with Crippen molar-refractivity contribution >= 4 is 18.0 Å². The van der Waals surface area contributed by atoms with Crippen LogP contribution in [0.15, 0.2) is 72.8 Å². The third-order valence-corrected chi connectivity index (χ3v) is 8.75. The number of nitrogens with zero attached hydrogens (tertiary/aromatic N) is 1. The molecule has 36 heavy (non-hydrogen) atoms. The van der Waals surface area contributed by atoms with E-state index in [9.17, 15) is 9.59 Å². The smallest absolute Gasteiger partial charge is 0.410 e. The van der Waals surface area contributed by atoms with Crippen molar-refractivity contribution in [2.24, 2.45) is 5.92 Å². The van der Waals surface area contributed by atoms with Crippen molar-refractivity contribution in [3.8, 4) is 11.1 Å². The van der Waals surface area contributed by atoms with Crippen LogP contribution in [0.3, 0.4) is 0 Å². The van der Waals surface area contributed by atoms with Crippen molar-refractivity contribution in [2.75, 3.05) is 6.61 Å². The molecule has 0 saturated carbocycles. The summed E-state index contributed by atoms with van der Waals surface area (Å²) in [7, 11) is 0. The fourth-order valence-corrected chi connectivity index (χ4v) is 7.10. The molecule has 0 spiro atoms. The fourth-order valence-electron chi connectivity index (χ4n) is 7.10. The first-order valence-electron chi connectivity index (χ1n) is 13.1. The molecule has 4 heteroatoms. The van der Waals surface area contributed by atoms with E-state index in [1.807, 2.05) is 17.0 Å². The largest absolute Gasteiger partial charge is 0.448 e. The Hall–Kier alpha value is -3.66. The van der Waals surface area contributed by atoms with E-state index in [4.69, 9.17) is 4.74 Å². The molecule has 2 unspecified atom stereocenters. The summed E-state index contributed by atoms with van der Waals surface area (Å²) in [4.78, 5) is 28.8. The molecule has 2 saturated heterocycles. The van der Waals surface area contributed by atoms with Crippen molar-refractivity contribution in [3.05, 3.63) is 101 Å². The minimum absolute atomic E-state index is 0.0211. The highest BCUT2D eigenvalue weighted by Crippen LogP contribution is 2.45. The van der Waals surface area contributed by atoms with Crippen LogP contribution in [0.2, 0.25) is 0 Å². The minimum Gasteiger partial charge on any atom is -0.448 e. The lowest BCUT2D eigenvalue weighted by molar-refractivity contribution is 0.0505. The Morgan fingerprint density at radius 1 is 0.833 bits per heavy atom. The van der Waals surface area contributed by atoms with Crippen LogP contribution in [0.5, 0.6) is 0 Å². The molecule has 0 radical (unpaired) electrons. The predicted octanol–water partition coefficient (Wildman–Crippen LogP) is 6.63. The Bertz CT molecular complexity index is 1350. The number of ketones is 1. The van der Waals surface area contributed by atoms with Crippen molar-refractivity contribution in [2.45, 2.75) is 50.1 Å². The molecular weight excluding hydrogens is 446 g/mol. The van der Waals surface area contributed by atoms with Gasteiger partial charge in [-0.25, -0.2) is 4.79 Å². The van der Waals surface area contributed by atoms with Crippen LogP contribution in [0.25, 0.3) is 17.2 Å². The summed E-state index contributed by atoms with van der Waals surface area (Å²) in [6.07, 6.45) is 8.22. The summed E-state index contributed by atoms with van der Waals surface area (Å²) in [6.45, 7) is 0.342. The summed E-state index contributed by atoms with van der Waals surface area (Å²) in [5.74, 6) is 0.291. The average Bonchev–Trinajstić information content (AvgIpc) is 3.59. The van der Waals surface area contributed by atoms with Gasteiger partial charge in [0.25, 0.3) is 0 Å². The van der Waals surface area contributed by atoms with Gasteiger partial charge in [-0.2, -0.15) is 0 Å². The molecule has 2 aliphatic heterocycles. The van der Waals surface area contributed by atoms with Crippen LogP contribution in [0.4, 0.5) is 4.79 Å². The van der Waals surface area contributed by atoms with Crippen LogP contribution >= 0.6 is 0 Å². The Labute approximate surface area is 211 Å². The van der Waals surface area contributed by atoms with Gasteiger partial charge in [-0.15, -0.1) is 0 Å². The van der Waals surface area contributed by atoms with Crippen LogP contribution in [-0.2, 0) is 11.2 Å². The predicted molar refractivity (Wildman–Crippen MR) is 140 cm³/mol. The molecule has 0 aromatic heterocycles. The van der Waals surface area contributed by atoms with Crippen LogP contribution < -0.4 is 0 Å². The molecule has 0 N–H and O–H groups in total. The molecule has 180 valence electrons. The molecule has 2 bridgehead atoms. The zero-order valence-corrected chi connectivity index (χ0v) is 20.2. The normalized spacial score (nSPS) is 23.3. The van der Waals surface area contributed by atoms with Gasteiger partial charge in [0.2, 0.25) is 0 Å². The highest BCUT2D eigenvalue weighted by molar-refractivity contribution is 6.00. The van der Waals surface area contributed by atoms with E-state index < -0.39 is 0 Å². The number of carbonyl (C=O) groups excluding carboxylic acids is 2. The van der Waals surface area contributed by atoms with E-state index in [2.05, 4.69) is 66.7 Å². The topological polar surface area (TPSA) is 46.6 Å². The van der Waals surface area contributed by atoms with Gasteiger partial charge in [-0.3, -0.25) is 4.79 Å². The number of ether oxygens (including phenoxy) is 1. The van der Waals surface area contributed by atoms with Gasteiger partial charge in [0, 0.05) is 29.5 Å². The van der Waals surface area contributed by atoms with Gasteiger partial charge in [-0.1, -0.05) is 78.9 Å². The summed E-state index contributed by atoms with van der Waals surface area (Å²) in [5, 5.41) is 0. The lowest BCUT2D eigenvalue weighted by Crippen LogP contribution is -2.48. The van der Waals surface area contributed by atoms with E-state index in [0.29, 0.717) is 6.61 Å². The maximum Gasteiger partial charge on any atom is 0.410 e. The first-order valence-corrected chi connectivity index (χ1v) is 13.1. The summed E-state index contributed by atoms with van der Waals surface area (Å²) >= 11 is 0. The molecule has 4 aliphatic rings. The molecule has 3 aromatic rings. The molecule has 7 rings (SSSR count). The van der Waals surface area contributed by atoms with Gasteiger partial charge >= 0.3 is 6.09 Å². The molecule has 2 heterocycles. The zero-order valence-electron chi connectivity index (χ0n) is 20.2. The van der Waals surface area contributed by atoms with Crippen molar-refractivity contribution in [3.63, 3.8) is 0 Å². The summed E-state index contributed by atoms with van der Waals surface area (Å²) < 4.78 is 5.99. The highest BCUT2D eigenvalue weighted by Gasteiger charge is 2.46. The Morgan fingerprint density at radius 3 is 2.19 bits per heavy atom. The number of rotatable bonds is 4. The molecule has 1 amide bonds. The third-order valence-electron chi connectivity index (χ3n) is 8.75. The maximum absolute atomic E-state index is 13.5. The molecule has 2 fully saturated rings. The van der Waals surface area contributed by atoms with Crippen molar-refractivity contribution < 1.29 is 14.3 Å². The standard InChI is InChI=1S/C32H29NO3/c34-31(29-14-6-8-20-7-5-13-24(20)29)21-17-22-15-16-23(18-21)33(22)32(35)36-19-30-27-11-3-1-9-25(27)26-10-2-4-12-28(26)30/h1-12,14,21-23,30H,13,15-19H2. The van der Waals surface area contributed by atoms with Crippen LogP contribution in [0.1, 0.15) is 64.2 Å². The lowest BCUT2D eigenvalue weighted by atomic mass is 9.83. The Kier molecular flexibility index (Phi) is 5.09. The molecular formula is C32H29NO3. The van der Waals surface area contributed by atoms with E-state index in [1.165, 1.54) is 27.8 Å². The lowest BCUT2D eigenvalue weighted by Gasteiger charge is -2.38. The SMILES string of the molecule is O=C(c1cccc2c1CC=C2)C1CC2CCC(C1)N2C(=O)OCC1c2ccccc2-c2ccccc21. The number of carbonyl (C=O) groups is 2. The second-order valence-electron chi connectivity index (χ2n) is 10.6. The quantitative estimate of drug-likeness (QED) is 0.398. The Balaban J connectivity index is 1.05. The second-order valence-corrected chi connectivity index (χ2v) is 10.6. The van der Waals surface area contributed by atoms with Gasteiger partial charge < -0.3 is 9.64 Å². The van der Waals surface area contributed by atoms with E-state index >= 15 is 0 Å². The minimum atomic E-state index is -0.222. The number of amides is 1. The number of allylic oxidation sites excluding steroid dienone is 1. The zero-order chi connectivity index (χ0) is 24.2. The first-order chi connectivity index (χ1) is 17.7. The number of fused-ring (bicyclic) bond motifs is 6. The van der Waals surface area contributed by atoms with E-state index in [-0.39, 0.29) is 35.8 Å². The van der Waals surface area contributed by atoms with Crippen LogP contribution in [-0.4, -0.2) is 35.5 Å². The second kappa shape index (κ2) is 8.48. The van der Waals surface area contributed by atoms with Gasteiger partial charge in [0.1, 0.15) is 6.61 Å². The average molecular weight is 476 g/mol. The molecule has 4 nitrogen and oxygen atoms in total. The summed E-state index contributed by atoms with van der Waals surface area (Å²) in [6, 6.07) is 23.0. The number of hydrogen-bond donors (Lipinski definition) is 0. The van der Waals surface area contributed by atoms with Crippen molar-refractivity contribution in [1.82, 2.24) is 4.90 Å². The maximum atomic E-state index is 13.5. The van der Waals surface area contributed by atoms with Crippen LogP contribution in [0, 0.1) is 5.92 Å². The van der Waals surface area contributed by atoms with E-state index in [1.54, 1.807) is 0 Å². The van der Waals surface area contributed by atoms with E-state index in [0.717, 1.165) is 43.2 Å². The number of benzene rings is 3. The monoisotopic (exact) mass is 475 g/mol. The van der Waals surface area contributed by atoms with Gasteiger partial charge in [0.15, 0.2) is 5.78 Å². The Morgan fingerprint density at radius 2 is 1.50 bits per heavy atom. The highest BCUT2D eigenvalue weighted by atomic mass is 16.6. The van der Waals surface area contributed by atoms with Crippen molar-refractivity contribution in [1.29, 1.82) is 0 Å². The number of piperidine rings is 1. The fraction of sp³-hybridized carbons (Fsp3) is 0.312. The van der Waals surface area contributed by atoms with Gasteiger partial charge in [-0.05, 0) is 65.5 Å². The third kappa shape index (κ3) is 3.35. The molecule has 2 aliphatic carbocycles. The molecule has 3 aromatic carbocycles. The summed E-state index contributed by atoms with van der Waals surface area (Å²) in [5.41, 5.74) is 8.12. The number of hydrogen-bond acceptors (Lipinski definition) is 3.